The smallest absolute Gasteiger partial charge is 0.258 e. The number of aryl methyl sites for hydroxylation is 1. The second-order valence-electron chi connectivity index (χ2n) is 6.44. The van der Waals surface area contributed by atoms with Gasteiger partial charge in [0.25, 0.3) is 5.91 Å². The molecule has 4 heteroatoms. The van der Waals surface area contributed by atoms with Crippen molar-refractivity contribution in [3.63, 3.8) is 0 Å². The summed E-state index contributed by atoms with van der Waals surface area (Å²) in [5.74, 6) is 0.742. The van der Waals surface area contributed by atoms with Crippen molar-refractivity contribution >= 4 is 5.91 Å². The Morgan fingerprint density at radius 1 is 1.36 bits per heavy atom. The Kier molecular flexibility index (Phi) is 4.39. The number of rotatable bonds is 6. The zero-order valence-corrected chi connectivity index (χ0v) is 13.4. The molecular weight excluding hydrogens is 278 g/mol. The van der Waals surface area contributed by atoms with Gasteiger partial charge in [0.05, 0.1) is 6.10 Å². The molecule has 1 spiro atoms. The molecule has 120 valence electrons. The van der Waals surface area contributed by atoms with Crippen LogP contribution in [0.15, 0.2) is 24.3 Å². The zero-order valence-electron chi connectivity index (χ0n) is 13.4. The highest BCUT2D eigenvalue weighted by Gasteiger charge is 2.59. The summed E-state index contributed by atoms with van der Waals surface area (Å²) in [5, 5.41) is 3.14. The van der Waals surface area contributed by atoms with E-state index in [1.165, 1.54) is 19.3 Å². The number of hydrogen-bond acceptors (Lipinski definition) is 3. The average Bonchev–Trinajstić information content (AvgIpc) is 2.43. The van der Waals surface area contributed by atoms with Gasteiger partial charge in [-0.25, -0.2) is 0 Å². The van der Waals surface area contributed by atoms with Crippen LogP contribution < -0.4 is 10.1 Å². The molecule has 2 fully saturated rings. The minimum absolute atomic E-state index is 0.0329. The van der Waals surface area contributed by atoms with Gasteiger partial charge in [-0.1, -0.05) is 24.6 Å². The van der Waals surface area contributed by atoms with Gasteiger partial charge >= 0.3 is 0 Å². The van der Waals surface area contributed by atoms with Crippen LogP contribution in [-0.2, 0) is 9.53 Å². The predicted octanol–water partition coefficient (Wildman–Crippen LogP) is 2.84. The van der Waals surface area contributed by atoms with E-state index < -0.39 is 0 Å². The van der Waals surface area contributed by atoms with Crippen LogP contribution in [0.25, 0.3) is 0 Å². The van der Waals surface area contributed by atoms with E-state index in [9.17, 15) is 4.79 Å². The van der Waals surface area contributed by atoms with Crippen molar-refractivity contribution in [1.82, 2.24) is 5.32 Å². The summed E-state index contributed by atoms with van der Waals surface area (Å²) < 4.78 is 11.4. The Morgan fingerprint density at radius 3 is 2.77 bits per heavy atom. The summed E-state index contributed by atoms with van der Waals surface area (Å²) in [7, 11) is 0. The van der Waals surface area contributed by atoms with Crippen molar-refractivity contribution in [2.24, 2.45) is 5.41 Å². The molecule has 0 aliphatic heterocycles. The van der Waals surface area contributed by atoms with Crippen LogP contribution in [0.1, 0.15) is 38.2 Å². The van der Waals surface area contributed by atoms with Crippen LogP contribution in [-0.4, -0.2) is 31.3 Å². The molecule has 0 radical (unpaired) electrons. The monoisotopic (exact) mass is 303 g/mol. The van der Waals surface area contributed by atoms with Crippen LogP contribution in [0, 0.1) is 12.3 Å². The summed E-state index contributed by atoms with van der Waals surface area (Å²) in [5.41, 5.74) is 1.25. The highest BCUT2D eigenvalue weighted by molar-refractivity contribution is 5.78. The molecule has 2 aliphatic rings. The lowest BCUT2D eigenvalue weighted by Crippen LogP contribution is -2.68. The molecule has 3 rings (SSSR count). The molecule has 1 aromatic carbocycles. The molecule has 0 aromatic heterocycles. The molecular formula is C18H25NO3. The summed E-state index contributed by atoms with van der Waals surface area (Å²) in [6.07, 6.45) is 4.84. The number of carbonyl (C=O) groups is 1. The highest BCUT2D eigenvalue weighted by Crippen LogP contribution is 2.57. The van der Waals surface area contributed by atoms with Gasteiger partial charge in [0.2, 0.25) is 0 Å². The number of hydrogen-bond donors (Lipinski definition) is 1. The number of carbonyl (C=O) groups excluding carboxylic acids is 1. The topological polar surface area (TPSA) is 47.6 Å². The zero-order chi connectivity index (χ0) is 15.6. The van der Waals surface area contributed by atoms with E-state index >= 15 is 0 Å². The quantitative estimate of drug-likeness (QED) is 0.879. The SMILES string of the molecule is CCO[C@@H]1C[C@H](NC(=O)COc2ccccc2C)C12CCC2. The Bertz CT molecular complexity index is 539. The van der Waals surface area contributed by atoms with E-state index in [4.69, 9.17) is 9.47 Å². The van der Waals surface area contributed by atoms with Crippen molar-refractivity contribution in [3.8, 4) is 5.75 Å². The highest BCUT2D eigenvalue weighted by atomic mass is 16.5. The first kappa shape index (κ1) is 15.3. The van der Waals surface area contributed by atoms with Crippen molar-refractivity contribution in [2.75, 3.05) is 13.2 Å². The first-order valence-electron chi connectivity index (χ1n) is 8.25. The second-order valence-corrected chi connectivity index (χ2v) is 6.44. The number of para-hydroxylation sites is 1. The maximum atomic E-state index is 12.1. The minimum Gasteiger partial charge on any atom is -0.484 e. The Morgan fingerprint density at radius 2 is 2.14 bits per heavy atom. The summed E-state index contributed by atoms with van der Waals surface area (Å²) in [4.78, 5) is 12.1. The molecule has 4 nitrogen and oxygen atoms in total. The number of benzene rings is 1. The van der Waals surface area contributed by atoms with E-state index in [1.54, 1.807) is 0 Å². The lowest BCUT2D eigenvalue weighted by atomic mass is 9.51. The molecule has 2 aliphatic carbocycles. The van der Waals surface area contributed by atoms with Crippen LogP contribution >= 0.6 is 0 Å². The Balaban J connectivity index is 1.49. The van der Waals surface area contributed by atoms with Gasteiger partial charge in [0.1, 0.15) is 5.75 Å². The molecule has 0 bridgehead atoms. The predicted molar refractivity (Wildman–Crippen MR) is 84.9 cm³/mol. The van der Waals surface area contributed by atoms with Gasteiger partial charge in [0.15, 0.2) is 6.61 Å². The molecule has 0 unspecified atom stereocenters. The summed E-state index contributed by atoms with van der Waals surface area (Å²) >= 11 is 0. The Hall–Kier alpha value is -1.55. The fourth-order valence-electron chi connectivity index (χ4n) is 3.74. The number of amides is 1. The largest absolute Gasteiger partial charge is 0.484 e. The normalized spacial score (nSPS) is 25.2. The van der Waals surface area contributed by atoms with Crippen molar-refractivity contribution in [3.05, 3.63) is 29.8 Å². The average molecular weight is 303 g/mol. The molecule has 1 N–H and O–H groups in total. The van der Waals surface area contributed by atoms with E-state index in [0.717, 1.165) is 24.3 Å². The third kappa shape index (κ3) is 2.72. The number of nitrogens with one attached hydrogen (secondary N) is 1. The van der Waals surface area contributed by atoms with Crippen LogP contribution in [0.3, 0.4) is 0 Å². The standard InChI is InChI=1S/C18H25NO3/c1-3-21-16-11-15(18(16)9-6-10-18)19-17(20)12-22-14-8-5-4-7-13(14)2/h4-5,7-8,15-16H,3,6,9-12H2,1-2H3,(H,19,20)/t15-,16+/m0/s1. The molecule has 0 heterocycles. The van der Waals surface area contributed by atoms with E-state index in [1.807, 2.05) is 38.1 Å². The van der Waals surface area contributed by atoms with Gasteiger partial charge in [-0.15, -0.1) is 0 Å². The van der Waals surface area contributed by atoms with Crippen molar-refractivity contribution in [2.45, 2.75) is 51.7 Å². The third-order valence-electron chi connectivity index (χ3n) is 5.22. The first-order valence-corrected chi connectivity index (χ1v) is 8.25. The second kappa shape index (κ2) is 6.29. The molecule has 1 amide bonds. The lowest BCUT2D eigenvalue weighted by Gasteiger charge is -2.60. The van der Waals surface area contributed by atoms with Crippen LogP contribution in [0.5, 0.6) is 5.75 Å². The summed E-state index contributed by atoms with van der Waals surface area (Å²) in [6, 6.07) is 8.01. The maximum Gasteiger partial charge on any atom is 0.258 e. The van der Waals surface area contributed by atoms with Gasteiger partial charge in [-0.3, -0.25) is 4.79 Å². The van der Waals surface area contributed by atoms with Crippen molar-refractivity contribution < 1.29 is 14.3 Å². The molecule has 2 saturated carbocycles. The van der Waals surface area contributed by atoms with Gasteiger partial charge in [-0.2, -0.15) is 0 Å². The lowest BCUT2D eigenvalue weighted by molar-refractivity contribution is -0.176. The van der Waals surface area contributed by atoms with E-state index in [0.29, 0.717) is 6.10 Å². The van der Waals surface area contributed by atoms with Gasteiger partial charge in [0, 0.05) is 18.1 Å². The fourth-order valence-corrected chi connectivity index (χ4v) is 3.74. The summed E-state index contributed by atoms with van der Waals surface area (Å²) in [6.45, 7) is 4.85. The Labute approximate surface area is 132 Å². The molecule has 1 aromatic rings. The minimum atomic E-state index is -0.0329. The molecule has 22 heavy (non-hydrogen) atoms. The van der Waals surface area contributed by atoms with Crippen molar-refractivity contribution in [1.29, 1.82) is 0 Å². The maximum absolute atomic E-state index is 12.1. The van der Waals surface area contributed by atoms with E-state index in [2.05, 4.69) is 5.32 Å². The van der Waals surface area contributed by atoms with Crippen LogP contribution in [0.4, 0.5) is 0 Å². The van der Waals surface area contributed by atoms with Crippen LogP contribution in [0.2, 0.25) is 0 Å². The molecule has 2 atom stereocenters. The van der Waals surface area contributed by atoms with Gasteiger partial charge in [-0.05, 0) is 44.7 Å². The third-order valence-corrected chi connectivity index (χ3v) is 5.22. The number of ether oxygens (including phenoxy) is 2. The van der Waals surface area contributed by atoms with Gasteiger partial charge < -0.3 is 14.8 Å². The van der Waals surface area contributed by atoms with E-state index in [-0.39, 0.29) is 24.0 Å². The molecule has 0 saturated heterocycles. The fraction of sp³-hybridized carbons (Fsp3) is 0.611. The first-order chi connectivity index (χ1) is 10.7.